The molecule has 6 nitrogen and oxygen atoms in total. The van der Waals surface area contributed by atoms with Crippen LogP contribution in [0, 0.1) is 0 Å². The van der Waals surface area contributed by atoms with E-state index in [0.29, 0.717) is 17.9 Å². The number of rotatable bonds is 4. The molecular weight excluding hydrogens is 290 g/mol. The number of nitrogens with two attached hydrogens (primary N) is 2. The number of hydrogen-bond donors (Lipinski definition) is 4. The molecule has 1 aromatic rings. The van der Waals surface area contributed by atoms with Gasteiger partial charge in [0.15, 0.2) is 0 Å². The molecule has 1 aliphatic rings. The molecule has 0 aliphatic heterocycles. The SMILES string of the molecule is Nc1cc(S(N)(=O)=O)ccc1NCC1(O)CCCCCC1. The monoisotopic (exact) mass is 313 g/mol. The van der Waals surface area contributed by atoms with Gasteiger partial charge in [-0.2, -0.15) is 0 Å². The van der Waals surface area contributed by atoms with Gasteiger partial charge in [-0.1, -0.05) is 25.7 Å². The molecule has 0 spiro atoms. The van der Waals surface area contributed by atoms with Gasteiger partial charge in [0.1, 0.15) is 0 Å². The molecule has 2 rings (SSSR count). The van der Waals surface area contributed by atoms with Crippen LogP contribution < -0.4 is 16.2 Å². The maximum absolute atomic E-state index is 11.3. The van der Waals surface area contributed by atoms with Crippen LogP contribution in [0.5, 0.6) is 0 Å². The van der Waals surface area contributed by atoms with Gasteiger partial charge in [0.2, 0.25) is 10.0 Å². The maximum atomic E-state index is 11.3. The number of nitrogens with one attached hydrogen (secondary N) is 1. The Bertz CT molecular complexity index is 593. The zero-order valence-corrected chi connectivity index (χ0v) is 12.8. The van der Waals surface area contributed by atoms with Crippen molar-refractivity contribution in [3.05, 3.63) is 18.2 Å². The van der Waals surface area contributed by atoms with Crippen LogP contribution in [0.2, 0.25) is 0 Å². The molecule has 0 amide bonds. The van der Waals surface area contributed by atoms with Gasteiger partial charge in [0.25, 0.3) is 0 Å². The second-order valence-electron chi connectivity index (χ2n) is 5.79. The number of benzene rings is 1. The molecule has 0 heterocycles. The lowest BCUT2D eigenvalue weighted by Gasteiger charge is -2.27. The normalized spacial score (nSPS) is 19.0. The molecule has 0 radical (unpaired) electrons. The van der Waals surface area contributed by atoms with E-state index in [9.17, 15) is 13.5 Å². The lowest BCUT2D eigenvalue weighted by molar-refractivity contribution is 0.0381. The molecule has 0 unspecified atom stereocenters. The van der Waals surface area contributed by atoms with Gasteiger partial charge >= 0.3 is 0 Å². The third-order valence-electron chi connectivity index (χ3n) is 3.99. The lowest BCUT2D eigenvalue weighted by atomic mass is 9.94. The Kier molecular flexibility index (Phi) is 4.75. The molecule has 6 N–H and O–H groups in total. The minimum atomic E-state index is -3.75. The molecule has 1 aromatic carbocycles. The van der Waals surface area contributed by atoms with Crippen LogP contribution in [-0.4, -0.2) is 25.7 Å². The number of hydrogen-bond acceptors (Lipinski definition) is 5. The Hall–Kier alpha value is -1.31. The van der Waals surface area contributed by atoms with Gasteiger partial charge in [0.05, 0.1) is 21.9 Å². The fraction of sp³-hybridized carbons (Fsp3) is 0.571. The van der Waals surface area contributed by atoms with Crippen LogP contribution in [0.25, 0.3) is 0 Å². The Morgan fingerprint density at radius 1 is 1.19 bits per heavy atom. The van der Waals surface area contributed by atoms with E-state index < -0.39 is 15.6 Å². The van der Waals surface area contributed by atoms with Crippen LogP contribution >= 0.6 is 0 Å². The quantitative estimate of drug-likeness (QED) is 0.495. The molecule has 0 aromatic heterocycles. The second kappa shape index (κ2) is 6.21. The van der Waals surface area contributed by atoms with Crippen LogP contribution in [0.4, 0.5) is 11.4 Å². The predicted molar refractivity (Wildman–Crippen MR) is 83.4 cm³/mol. The lowest BCUT2D eigenvalue weighted by Crippen LogP contribution is -2.36. The van der Waals surface area contributed by atoms with E-state index >= 15 is 0 Å². The van der Waals surface area contributed by atoms with Gasteiger partial charge in [-0.05, 0) is 31.0 Å². The summed E-state index contributed by atoms with van der Waals surface area (Å²) in [5, 5.41) is 18.7. The second-order valence-corrected chi connectivity index (χ2v) is 7.35. The van der Waals surface area contributed by atoms with E-state index in [2.05, 4.69) is 5.32 Å². The maximum Gasteiger partial charge on any atom is 0.238 e. The van der Waals surface area contributed by atoms with Crippen molar-refractivity contribution >= 4 is 21.4 Å². The van der Waals surface area contributed by atoms with Crippen molar-refractivity contribution < 1.29 is 13.5 Å². The summed E-state index contributed by atoms with van der Waals surface area (Å²) in [5.41, 5.74) is 6.04. The highest BCUT2D eigenvalue weighted by atomic mass is 32.2. The highest BCUT2D eigenvalue weighted by Gasteiger charge is 2.27. The van der Waals surface area contributed by atoms with Crippen molar-refractivity contribution in [3.8, 4) is 0 Å². The Balaban J connectivity index is 2.06. The number of primary sulfonamides is 1. The highest BCUT2D eigenvalue weighted by Crippen LogP contribution is 2.29. The molecular formula is C14H23N3O3S. The summed E-state index contributed by atoms with van der Waals surface area (Å²) in [4.78, 5) is -0.0151. The van der Waals surface area contributed by atoms with Crippen LogP contribution in [0.15, 0.2) is 23.1 Å². The zero-order chi connectivity index (χ0) is 15.5. The topological polar surface area (TPSA) is 118 Å². The predicted octanol–water partition coefficient (Wildman–Crippen LogP) is 1.41. The first kappa shape index (κ1) is 16.1. The van der Waals surface area contributed by atoms with Crippen molar-refractivity contribution in [2.75, 3.05) is 17.6 Å². The van der Waals surface area contributed by atoms with Crippen molar-refractivity contribution in [1.29, 1.82) is 0 Å². The van der Waals surface area contributed by atoms with Gasteiger partial charge in [0, 0.05) is 6.54 Å². The number of sulfonamides is 1. The summed E-state index contributed by atoms with van der Waals surface area (Å²) >= 11 is 0. The Morgan fingerprint density at radius 2 is 1.81 bits per heavy atom. The van der Waals surface area contributed by atoms with Crippen molar-refractivity contribution in [1.82, 2.24) is 0 Å². The molecule has 118 valence electrons. The third-order valence-corrected chi connectivity index (χ3v) is 4.90. The summed E-state index contributed by atoms with van der Waals surface area (Å²) in [6.45, 7) is 0.409. The third kappa shape index (κ3) is 4.33. The summed E-state index contributed by atoms with van der Waals surface area (Å²) in [5.74, 6) is 0. The largest absolute Gasteiger partial charge is 0.397 e. The van der Waals surface area contributed by atoms with E-state index in [1.807, 2.05) is 0 Å². The molecule has 1 aliphatic carbocycles. The summed E-state index contributed by atoms with van der Waals surface area (Å²) < 4.78 is 22.5. The number of aliphatic hydroxyl groups is 1. The average Bonchev–Trinajstić information content (AvgIpc) is 2.61. The van der Waals surface area contributed by atoms with E-state index in [1.54, 1.807) is 6.07 Å². The van der Waals surface area contributed by atoms with E-state index in [0.717, 1.165) is 38.5 Å². The van der Waals surface area contributed by atoms with E-state index in [1.165, 1.54) is 12.1 Å². The molecule has 1 fully saturated rings. The Morgan fingerprint density at radius 3 is 2.33 bits per heavy atom. The molecule has 0 saturated heterocycles. The molecule has 21 heavy (non-hydrogen) atoms. The number of nitrogen functional groups attached to an aromatic ring is 1. The van der Waals surface area contributed by atoms with Gasteiger partial charge < -0.3 is 16.2 Å². The minimum absolute atomic E-state index is 0.0151. The highest BCUT2D eigenvalue weighted by molar-refractivity contribution is 7.89. The fourth-order valence-corrected chi connectivity index (χ4v) is 3.25. The Labute approximate surface area is 125 Å². The smallest absolute Gasteiger partial charge is 0.238 e. The molecule has 1 saturated carbocycles. The first-order valence-corrected chi connectivity index (χ1v) is 8.73. The van der Waals surface area contributed by atoms with Crippen LogP contribution in [0.1, 0.15) is 38.5 Å². The van der Waals surface area contributed by atoms with Gasteiger partial charge in [-0.15, -0.1) is 0 Å². The minimum Gasteiger partial charge on any atom is -0.397 e. The van der Waals surface area contributed by atoms with Crippen molar-refractivity contribution in [3.63, 3.8) is 0 Å². The summed E-state index contributed by atoms with van der Waals surface area (Å²) in [7, 11) is -3.75. The summed E-state index contributed by atoms with van der Waals surface area (Å²) in [6, 6.07) is 4.31. The van der Waals surface area contributed by atoms with Gasteiger partial charge in [-0.25, -0.2) is 13.6 Å². The summed E-state index contributed by atoms with van der Waals surface area (Å²) in [6.07, 6.45) is 5.92. The fourth-order valence-electron chi connectivity index (χ4n) is 2.70. The van der Waals surface area contributed by atoms with Crippen molar-refractivity contribution in [2.45, 2.75) is 49.0 Å². The molecule has 0 bridgehead atoms. The standard InChI is InChI=1S/C14H23N3O3S/c15-12-9-11(21(16,19)20)5-6-13(12)17-10-14(18)7-3-1-2-4-8-14/h5-6,9,17-18H,1-4,7-8,10,15H2,(H2,16,19,20). The van der Waals surface area contributed by atoms with Crippen LogP contribution in [-0.2, 0) is 10.0 Å². The first-order chi connectivity index (χ1) is 9.80. The molecule has 0 atom stereocenters. The number of anilines is 2. The zero-order valence-electron chi connectivity index (χ0n) is 12.0. The van der Waals surface area contributed by atoms with Gasteiger partial charge in [-0.3, -0.25) is 0 Å². The van der Waals surface area contributed by atoms with E-state index in [4.69, 9.17) is 10.9 Å². The first-order valence-electron chi connectivity index (χ1n) is 7.19. The molecule has 7 heteroatoms. The average molecular weight is 313 g/mol. The van der Waals surface area contributed by atoms with Crippen molar-refractivity contribution in [2.24, 2.45) is 5.14 Å². The van der Waals surface area contributed by atoms with E-state index in [-0.39, 0.29) is 4.90 Å². The van der Waals surface area contributed by atoms with Crippen LogP contribution in [0.3, 0.4) is 0 Å².